The summed E-state index contributed by atoms with van der Waals surface area (Å²) in [5, 5.41) is 10.7. The predicted octanol–water partition coefficient (Wildman–Crippen LogP) is 1.38. The van der Waals surface area contributed by atoms with E-state index >= 15 is 0 Å². The number of hydrogen-bond acceptors (Lipinski definition) is 2. The van der Waals surface area contributed by atoms with Crippen molar-refractivity contribution in [2.75, 3.05) is 6.54 Å². The second-order valence-corrected chi connectivity index (χ2v) is 3.84. The van der Waals surface area contributed by atoms with E-state index < -0.39 is 5.97 Å². The van der Waals surface area contributed by atoms with E-state index in [9.17, 15) is 9.59 Å². The molecule has 1 aromatic carbocycles. The molecule has 0 atom stereocenters. The fourth-order valence-electron chi connectivity index (χ4n) is 1.46. The molecule has 0 heterocycles. The normalized spacial score (nSPS) is 9.94. The van der Waals surface area contributed by atoms with Crippen LogP contribution < -0.4 is 5.32 Å². The molecule has 4 nitrogen and oxygen atoms in total. The molecule has 0 unspecified atom stereocenters. The Bertz CT molecular complexity index is 384. The zero-order valence-electron chi connectivity index (χ0n) is 9.90. The Labute approximate surface area is 101 Å². The fourth-order valence-corrected chi connectivity index (χ4v) is 1.46. The standard InChI is InChI=1S/C13H17NO3/c1-2-10-3-5-11(6-4-10)7-8-12(15)14-9-13(16)17/h3-6H,2,7-9H2,1H3,(H,14,15)(H,16,17). The molecule has 2 N–H and O–H groups in total. The fraction of sp³-hybridized carbons (Fsp3) is 0.385. The van der Waals surface area contributed by atoms with Crippen LogP contribution in [-0.2, 0) is 22.4 Å². The van der Waals surface area contributed by atoms with Crippen molar-refractivity contribution in [3.8, 4) is 0 Å². The number of carboxylic acid groups (broad SMARTS) is 1. The highest BCUT2D eigenvalue weighted by Gasteiger charge is 2.04. The van der Waals surface area contributed by atoms with E-state index in [1.807, 2.05) is 24.3 Å². The van der Waals surface area contributed by atoms with E-state index in [0.29, 0.717) is 12.8 Å². The molecule has 0 aliphatic carbocycles. The highest BCUT2D eigenvalue weighted by atomic mass is 16.4. The summed E-state index contributed by atoms with van der Waals surface area (Å²) in [5.41, 5.74) is 2.36. The van der Waals surface area contributed by atoms with Crippen molar-refractivity contribution in [2.45, 2.75) is 26.2 Å². The third-order valence-electron chi connectivity index (χ3n) is 2.51. The Morgan fingerprint density at radius 1 is 1.18 bits per heavy atom. The molecule has 0 spiro atoms. The lowest BCUT2D eigenvalue weighted by atomic mass is 10.1. The van der Waals surface area contributed by atoms with Gasteiger partial charge in [0.2, 0.25) is 5.91 Å². The van der Waals surface area contributed by atoms with Crippen LogP contribution in [0.25, 0.3) is 0 Å². The van der Waals surface area contributed by atoms with Gasteiger partial charge in [0.15, 0.2) is 0 Å². The SMILES string of the molecule is CCc1ccc(CCC(=O)NCC(=O)O)cc1. The molecule has 0 aliphatic rings. The number of nitrogens with one attached hydrogen (secondary N) is 1. The molecule has 17 heavy (non-hydrogen) atoms. The summed E-state index contributed by atoms with van der Waals surface area (Å²) >= 11 is 0. The summed E-state index contributed by atoms with van der Waals surface area (Å²) in [4.78, 5) is 21.5. The van der Waals surface area contributed by atoms with Gasteiger partial charge in [0.1, 0.15) is 6.54 Å². The molecule has 4 heteroatoms. The maximum Gasteiger partial charge on any atom is 0.322 e. The van der Waals surface area contributed by atoms with Crippen molar-refractivity contribution in [1.29, 1.82) is 0 Å². The quantitative estimate of drug-likeness (QED) is 0.782. The predicted molar refractivity (Wildman–Crippen MR) is 64.8 cm³/mol. The second-order valence-electron chi connectivity index (χ2n) is 3.84. The van der Waals surface area contributed by atoms with Gasteiger partial charge >= 0.3 is 5.97 Å². The maximum absolute atomic E-state index is 11.3. The van der Waals surface area contributed by atoms with Gasteiger partial charge in [-0.05, 0) is 24.0 Å². The first-order valence-electron chi connectivity index (χ1n) is 5.68. The zero-order valence-corrected chi connectivity index (χ0v) is 9.90. The molecule has 1 amide bonds. The molecule has 1 aromatic rings. The molecule has 0 aromatic heterocycles. The van der Waals surface area contributed by atoms with Crippen molar-refractivity contribution in [3.05, 3.63) is 35.4 Å². The number of benzene rings is 1. The van der Waals surface area contributed by atoms with Crippen LogP contribution in [-0.4, -0.2) is 23.5 Å². The number of rotatable bonds is 6. The van der Waals surface area contributed by atoms with Crippen LogP contribution >= 0.6 is 0 Å². The van der Waals surface area contributed by atoms with Crippen LogP contribution in [0.2, 0.25) is 0 Å². The second kappa shape index (κ2) is 6.68. The number of amides is 1. The third-order valence-corrected chi connectivity index (χ3v) is 2.51. The molecule has 0 saturated heterocycles. The van der Waals surface area contributed by atoms with Crippen LogP contribution in [0.3, 0.4) is 0 Å². The number of hydrogen-bond donors (Lipinski definition) is 2. The van der Waals surface area contributed by atoms with Crippen molar-refractivity contribution >= 4 is 11.9 Å². The first-order valence-corrected chi connectivity index (χ1v) is 5.68. The Morgan fingerprint density at radius 3 is 2.29 bits per heavy atom. The Balaban J connectivity index is 2.34. The van der Waals surface area contributed by atoms with Gasteiger partial charge in [0, 0.05) is 6.42 Å². The first-order chi connectivity index (χ1) is 8.11. The van der Waals surface area contributed by atoms with Gasteiger partial charge in [0.25, 0.3) is 0 Å². The number of carbonyl (C=O) groups is 2. The summed E-state index contributed by atoms with van der Waals surface area (Å²) < 4.78 is 0. The zero-order chi connectivity index (χ0) is 12.7. The molecule has 1 rings (SSSR count). The summed E-state index contributed by atoms with van der Waals surface area (Å²) in [6.07, 6.45) is 1.95. The number of carboxylic acids is 1. The van der Waals surface area contributed by atoms with Gasteiger partial charge in [-0.2, -0.15) is 0 Å². The molecule has 0 saturated carbocycles. The highest BCUT2D eigenvalue weighted by molar-refractivity contribution is 5.81. The molecular weight excluding hydrogens is 218 g/mol. The van der Waals surface area contributed by atoms with Crippen LogP contribution in [0.1, 0.15) is 24.5 Å². The van der Waals surface area contributed by atoms with Gasteiger partial charge in [-0.3, -0.25) is 9.59 Å². The lowest BCUT2D eigenvalue weighted by Gasteiger charge is -2.03. The maximum atomic E-state index is 11.3. The number of aryl methyl sites for hydroxylation is 2. The summed E-state index contributed by atoms with van der Waals surface area (Å²) in [6, 6.07) is 8.10. The van der Waals surface area contributed by atoms with E-state index in [2.05, 4.69) is 12.2 Å². The van der Waals surface area contributed by atoms with Crippen molar-refractivity contribution in [1.82, 2.24) is 5.32 Å². The lowest BCUT2D eigenvalue weighted by molar-refractivity contribution is -0.137. The molecule has 0 radical (unpaired) electrons. The molecule has 92 valence electrons. The smallest absolute Gasteiger partial charge is 0.322 e. The van der Waals surface area contributed by atoms with Crippen molar-refractivity contribution < 1.29 is 14.7 Å². The average Bonchev–Trinajstić information content (AvgIpc) is 2.34. The average molecular weight is 235 g/mol. The molecular formula is C13H17NO3. The van der Waals surface area contributed by atoms with Crippen molar-refractivity contribution in [2.24, 2.45) is 0 Å². The van der Waals surface area contributed by atoms with Gasteiger partial charge < -0.3 is 10.4 Å². The minimum atomic E-state index is -1.02. The number of aliphatic carboxylic acids is 1. The Hall–Kier alpha value is -1.84. The Kier molecular flexibility index (Phi) is 5.20. The monoisotopic (exact) mass is 235 g/mol. The van der Waals surface area contributed by atoms with Crippen molar-refractivity contribution in [3.63, 3.8) is 0 Å². The van der Waals surface area contributed by atoms with E-state index in [1.165, 1.54) is 5.56 Å². The lowest BCUT2D eigenvalue weighted by Crippen LogP contribution is -2.29. The first kappa shape index (κ1) is 13.2. The van der Waals surface area contributed by atoms with E-state index in [0.717, 1.165) is 12.0 Å². The van der Waals surface area contributed by atoms with E-state index in [4.69, 9.17) is 5.11 Å². The third kappa shape index (κ3) is 5.15. The van der Waals surface area contributed by atoms with Crippen LogP contribution in [0.15, 0.2) is 24.3 Å². The van der Waals surface area contributed by atoms with Crippen LogP contribution in [0.5, 0.6) is 0 Å². The minimum Gasteiger partial charge on any atom is -0.480 e. The highest BCUT2D eigenvalue weighted by Crippen LogP contribution is 2.07. The topological polar surface area (TPSA) is 66.4 Å². The van der Waals surface area contributed by atoms with Gasteiger partial charge in [-0.15, -0.1) is 0 Å². The Morgan fingerprint density at radius 2 is 1.76 bits per heavy atom. The summed E-state index contributed by atoms with van der Waals surface area (Å²) in [5.74, 6) is -1.25. The molecule has 0 aliphatic heterocycles. The van der Waals surface area contributed by atoms with Gasteiger partial charge in [0.05, 0.1) is 0 Å². The van der Waals surface area contributed by atoms with Gasteiger partial charge in [-0.25, -0.2) is 0 Å². The largest absolute Gasteiger partial charge is 0.480 e. The van der Waals surface area contributed by atoms with E-state index in [1.54, 1.807) is 0 Å². The van der Waals surface area contributed by atoms with Crippen LogP contribution in [0.4, 0.5) is 0 Å². The summed E-state index contributed by atoms with van der Waals surface area (Å²) in [7, 11) is 0. The summed E-state index contributed by atoms with van der Waals surface area (Å²) in [6.45, 7) is 1.78. The van der Waals surface area contributed by atoms with Gasteiger partial charge in [-0.1, -0.05) is 31.2 Å². The minimum absolute atomic E-state index is 0.230. The van der Waals surface area contributed by atoms with E-state index in [-0.39, 0.29) is 12.5 Å². The van der Waals surface area contributed by atoms with Crippen LogP contribution in [0, 0.1) is 0 Å². The number of carbonyl (C=O) groups excluding carboxylic acids is 1. The molecule has 0 bridgehead atoms. The molecule has 0 fully saturated rings.